The summed E-state index contributed by atoms with van der Waals surface area (Å²) in [4.78, 5) is 3.60. The maximum absolute atomic E-state index is 12.8. The first-order chi connectivity index (χ1) is 9.02. The van der Waals surface area contributed by atoms with E-state index >= 15 is 0 Å². The van der Waals surface area contributed by atoms with Crippen LogP contribution in [0.25, 0.3) is 0 Å². The molecule has 0 aliphatic heterocycles. The van der Waals surface area contributed by atoms with Crippen LogP contribution in [-0.4, -0.2) is 6.34 Å². The minimum Gasteiger partial charge on any atom is -0.452 e. The van der Waals surface area contributed by atoms with Gasteiger partial charge >= 0.3 is 18.9 Å². The summed E-state index contributed by atoms with van der Waals surface area (Å²) in [7, 11) is 0. The molecule has 0 saturated heterocycles. The molecule has 0 spiro atoms. The topological polar surface area (TPSA) is 24.4 Å². The molecule has 0 radical (unpaired) electrons. The summed E-state index contributed by atoms with van der Waals surface area (Å²) in [5, 5.41) is 2.37. The summed E-state index contributed by atoms with van der Waals surface area (Å²) in [6.07, 6.45) is 2.24. The molecule has 2 nitrogen and oxygen atoms in total. The first kappa shape index (κ1) is 16.3. The number of nitrogens with one attached hydrogen (secondary N) is 1. The quantitative estimate of drug-likeness (QED) is 0.221. The third-order valence-electron chi connectivity index (χ3n) is 2.10. The van der Waals surface area contributed by atoms with Gasteiger partial charge in [-0.2, -0.15) is 0 Å². The van der Waals surface area contributed by atoms with E-state index in [1.54, 1.807) is 0 Å². The molecule has 0 amide bonds. The minimum absolute atomic E-state index is 0. The van der Waals surface area contributed by atoms with Crippen molar-refractivity contribution >= 4 is 17.7 Å². The molecule has 20 heavy (non-hydrogen) atoms. The van der Waals surface area contributed by atoms with Gasteiger partial charge in [0.25, 0.3) is 0 Å². The van der Waals surface area contributed by atoms with Gasteiger partial charge in [-0.1, -0.05) is 30.0 Å². The van der Waals surface area contributed by atoms with Crippen molar-refractivity contribution in [3.05, 3.63) is 59.7 Å². The van der Waals surface area contributed by atoms with Crippen LogP contribution in [0.2, 0.25) is 0 Å². The number of aliphatic imine (C=N–C) groups is 1. The number of anilines is 1. The van der Waals surface area contributed by atoms with Crippen LogP contribution in [0.3, 0.4) is 0 Å². The number of halogens is 4. The number of rotatable bonds is 3. The van der Waals surface area contributed by atoms with Crippen molar-refractivity contribution in [3.63, 3.8) is 0 Å². The van der Waals surface area contributed by atoms with Gasteiger partial charge in [0.05, 0.1) is 0 Å². The van der Waals surface area contributed by atoms with Gasteiger partial charge < -0.3 is 10.3 Å². The number of hydrogen-bond donors (Lipinski definition) is 1. The number of benzene rings is 2. The fourth-order valence-corrected chi connectivity index (χ4v) is 1.39. The molecule has 0 atom stereocenters. The van der Waals surface area contributed by atoms with E-state index in [0.29, 0.717) is 12.1 Å². The van der Waals surface area contributed by atoms with Gasteiger partial charge in [-0.25, -0.2) is 17.6 Å². The van der Waals surface area contributed by atoms with E-state index in [0.717, 1.165) is 24.3 Å². The molecule has 0 aromatic heterocycles. The summed E-state index contributed by atoms with van der Waals surface area (Å²) < 4.78 is 51.4. The third-order valence-corrected chi connectivity index (χ3v) is 2.10. The Bertz CT molecular complexity index is 591. The number of hydrogen-bond acceptors (Lipinski definition) is 1. The van der Waals surface area contributed by atoms with Crippen molar-refractivity contribution in [1.82, 2.24) is 0 Å². The monoisotopic (exact) mass is 274 g/mol. The zero-order valence-electron chi connectivity index (χ0n) is 10.4. The van der Waals surface area contributed by atoms with Crippen LogP contribution in [0.4, 0.5) is 28.9 Å². The van der Waals surface area contributed by atoms with Crippen LogP contribution in [0.1, 0.15) is 0 Å². The predicted molar refractivity (Wildman–Crippen MR) is 63.4 cm³/mol. The summed E-state index contributed by atoms with van der Waals surface area (Å²) >= 11 is 0. The van der Waals surface area contributed by atoms with E-state index < -0.39 is 23.3 Å². The van der Waals surface area contributed by atoms with Crippen LogP contribution >= 0.6 is 0 Å². The molecule has 0 bridgehead atoms. The van der Waals surface area contributed by atoms with E-state index in [-0.39, 0.29) is 30.2 Å². The molecular formula is C13H7F4LiN2. The van der Waals surface area contributed by atoms with Crippen molar-refractivity contribution in [3.8, 4) is 0 Å². The maximum Gasteiger partial charge on any atom is 1.00 e. The van der Waals surface area contributed by atoms with Crippen LogP contribution in [0.5, 0.6) is 0 Å². The van der Waals surface area contributed by atoms with Crippen molar-refractivity contribution in [1.29, 1.82) is 0 Å². The molecule has 0 fully saturated rings. The molecule has 98 valence electrons. The summed E-state index contributed by atoms with van der Waals surface area (Å²) in [6.45, 7) is 0. The Labute approximate surface area is 124 Å². The Hall–Kier alpha value is -1.77. The second-order valence-corrected chi connectivity index (χ2v) is 3.63. The zero-order valence-corrected chi connectivity index (χ0v) is 10.4. The van der Waals surface area contributed by atoms with Crippen LogP contribution in [0.15, 0.2) is 41.4 Å². The summed E-state index contributed by atoms with van der Waals surface area (Å²) in [6, 6.07) is 5.45. The molecule has 1 N–H and O–H groups in total. The van der Waals surface area contributed by atoms with E-state index in [1.807, 2.05) is 0 Å². The Balaban J connectivity index is 0.00000200. The SMILES string of the molecule is Fc1cc(F)cc(N=[C-]Nc2cc(F)cc(F)c2)c1.[Li+]. The van der Waals surface area contributed by atoms with Crippen LogP contribution in [0, 0.1) is 23.3 Å². The van der Waals surface area contributed by atoms with Crippen molar-refractivity contribution in [2.75, 3.05) is 5.32 Å². The average molecular weight is 274 g/mol. The summed E-state index contributed by atoms with van der Waals surface area (Å²) in [5.41, 5.74) is 0.0694. The molecule has 0 saturated carbocycles. The Morgan fingerprint density at radius 1 is 0.750 bits per heavy atom. The second-order valence-electron chi connectivity index (χ2n) is 3.63. The van der Waals surface area contributed by atoms with Gasteiger partial charge in [-0.05, 0) is 5.69 Å². The first-order valence-corrected chi connectivity index (χ1v) is 5.17. The van der Waals surface area contributed by atoms with Crippen LogP contribution in [-0.2, 0) is 0 Å². The van der Waals surface area contributed by atoms with Crippen molar-refractivity contribution in [2.24, 2.45) is 4.99 Å². The smallest absolute Gasteiger partial charge is 0.452 e. The van der Waals surface area contributed by atoms with Gasteiger partial charge in [-0.15, -0.1) is 0 Å². The predicted octanol–water partition coefficient (Wildman–Crippen LogP) is 0.896. The van der Waals surface area contributed by atoms with Gasteiger partial charge in [0.1, 0.15) is 23.3 Å². The largest absolute Gasteiger partial charge is 1.00 e. The van der Waals surface area contributed by atoms with Gasteiger partial charge in [0.2, 0.25) is 0 Å². The number of nitrogens with zero attached hydrogens (tertiary/aromatic N) is 1. The van der Waals surface area contributed by atoms with E-state index in [1.165, 1.54) is 0 Å². The first-order valence-electron chi connectivity index (χ1n) is 5.17. The second kappa shape index (κ2) is 7.13. The standard InChI is InChI=1S/C13H7F4N2.Li/c14-8-1-9(15)4-12(3-8)18-7-19-13-5-10(16)2-11(17)6-13;/h1-6H,(H,18,19);/q-1;+1. The Kier molecular flexibility index (Phi) is 5.80. The summed E-state index contributed by atoms with van der Waals surface area (Å²) in [5.74, 6) is -3.09. The van der Waals surface area contributed by atoms with Gasteiger partial charge in [-0.3, -0.25) is 0 Å². The third kappa shape index (κ3) is 4.72. The molecule has 0 unspecified atom stereocenters. The maximum atomic E-state index is 12.8. The molecule has 0 heterocycles. The van der Waals surface area contributed by atoms with E-state index in [2.05, 4.69) is 16.6 Å². The van der Waals surface area contributed by atoms with E-state index in [9.17, 15) is 17.6 Å². The molecule has 2 aromatic carbocycles. The average Bonchev–Trinajstić information content (AvgIpc) is 2.26. The van der Waals surface area contributed by atoms with Crippen molar-refractivity contribution in [2.45, 2.75) is 0 Å². The molecule has 2 aromatic rings. The molecule has 0 aliphatic rings. The Morgan fingerprint density at radius 2 is 1.20 bits per heavy atom. The fraction of sp³-hybridized carbons (Fsp3) is 0. The van der Waals surface area contributed by atoms with E-state index in [4.69, 9.17) is 0 Å². The zero-order chi connectivity index (χ0) is 13.8. The fourth-order valence-electron chi connectivity index (χ4n) is 1.39. The molecule has 0 aliphatic carbocycles. The molecule has 2 rings (SSSR count). The van der Waals surface area contributed by atoms with Crippen LogP contribution < -0.4 is 24.2 Å². The Morgan fingerprint density at radius 3 is 1.70 bits per heavy atom. The molecule has 7 heteroatoms. The van der Waals surface area contributed by atoms with Crippen molar-refractivity contribution < 1.29 is 36.4 Å². The molecular weight excluding hydrogens is 267 g/mol. The van der Waals surface area contributed by atoms with Gasteiger partial charge in [0.15, 0.2) is 0 Å². The normalized spacial score (nSPS) is 10.4. The minimum atomic E-state index is -0.780. The van der Waals surface area contributed by atoms with Gasteiger partial charge in [0, 0.05) is 18.5 Å².